The van der Waals surface area contributed by atoms with Crippen LogP contribution in [-0.2, 0) is 9.84 Å². The molecule has 1 atom stereocenters. The second-order valence-corrected chi connectivity index (χ2v) is 6.59. The molecule has 1 saturated heterocycles. The molecule has 0 bridgehead atoms. The third-order valence-corrected chi connectivity index (χ3v) is 4.59. The summed E-state index contributed by atoms with van der Waals surface area (Å²) in [7, 11) is -2.97. The average molecular weight is 252 g/mol. The van der Waals surface area contributed by atoms with Crippen LogP contribution < -0.4 is 5.32 Å². The van der Waals surface area contributed by atoms with Gasteiger partial charge in [0, 0.05) is 6.20 Å². The van der Waals surface area contributed by atoms with Crippen molar-refractivity contribution in [2.45, 2.75) is 18.9 Å². The Labute approximate surface area is 99.6 Å². The number of rotatable bonds is 2. The Morgan fingerprint density at radius 3 is 2.94 bits per heavy atom. The minimum absolute atomic E-state index is 0.0696. The van der Waals surface area contributed by atoms with Crippen molar-refractivity contribution in [1.29, 1.82) is 5.26 Å². The van der Waals surface area contributed by atoms with Gasteiger partial charge >= 0.3 is 0 Å². The van der Waals surface area contributed by atoms with Crippen LogP contribution in [0.1, 0.15) is 19.0 Å². The normalized spacial score (nSPS) is 26.4. The summed E-state index contributed by atoms with van der Waals surface area (Å²) in [5.74, 6) is 0.540. The van der Waals surface area contributed by atoms with E-state index in [0.29, 0.717) is 12.4 Å². The Morgan fingerprint density at radius 1 is 1.59 bits per heavy atom. The van der Waals surface area contributed by atoms with E-state index in [1.54, 1.807) is 0 Å². The monoisotopic (exact) mass is 252 g/mol. The number of sulfone groups is 1. The SMILES string of the molecule is CC1(Nc2nccc(C#N)n2)CCS(=O)(=O)C1. The average Bonchev–Trinajstić information content (AvgIpc) is 2.53. The summed E-state index contributed by atoms with van der Waals surface area (Å²) >= 11 is 0. The Balaban J connectivity index is 2.19. The van der Waals surface area contributed by atoms with Crippen LogP contribution in [0.5, 0.6) is 0 Å². The molecule has 0 saturated carbocycles. The zero-order valence-corrected chi connectivity index (χ0v) is 10.2. The first-order valence-electron chi connectivity index (χ1n) is 5.14. The Hall–Kier alpha value is -1.68. The molecule has 1 unspecified atom stereocenters. The predicted molar refractivity (Wildman–Crippen MR) is 62.0 cm³/mol. The van der Waals surface area contributed by atoms with Gasteiger partial charge in [0.1, 0.15) is 11.8 Å². The summed E-state index contributed by atoms with van der Waals surface area (Å²) in [6.07, 6.45) is 2.00. The number of nitrogens with zero attached hydrogens (tertiary/aromatic N) is 3. The Morgan fingerprint density at radius 2 is 2.35 bits per heavy atom. The smallest absolute Gasteiger partial charge is 0.224 e. The van der Waals surface area contributed by atoms with E-state index in [9.17, 15) is 8.42 Å². The number of nitrogens with one attached hydrogen (secondary N) is 1. The van der Waals surface area contributed by atoms with Crippen molar-refractivity contribution in [3.05, 3.63) is 18.0 Å². The van der Waals surface area contributed by atoms with Gasteiger partial charge in [0.05, 0.1) is 17.0 Å². The molecule has 1 aliphatic heterocycles. The van der Waals surface area contributed by atoms with Crippen molar-refractivity contribution in [2.75, 3.05) is 16.8 Å². The highest BCUT2D eigenvalue weighted by atomic mass is 32.2. The van der Waals surface area contributed by atoms with E-state index < -0.39 is 15.4 Å². The van der Waals surface area contributed by atoms with Gasteiger partial charge in [-0.2, -0.15) is 5.26 Å². The minimum atomic E-state index is -2.97. The first kappa shape index (κ1) is 11.8. The van der Waals surface area contributed by atoms with Crippen molar-refractivity contribution in [1.82, 2.24) is 9.97 Å². The highest BCUT2D eigenvalue weighted by molar-refractivity contribution is 7.91. The van der Waals surface area contributed by atoms with Crippen LogP contribution in [0.2, 0.25) is 0 Å². The van der Waals surface area contributed by atoms with E-state index in [1.807, 2.05) is 13.0 Å². The van der Waals surface area contributed by atoms with Gasteiger partial charge < -0.3 is 5.32 Å². The molecule has 0 aromatic carbocycles. The quantitative estimate of drug-likeness (QED) is 0.815. The maximum absolute atomic E-state index is 11.4. The van der Waals surface area contributed by atoms with Crippen LogP contribution in [0, 0.1) is 11.3 Å². The maximum Gasteiger partial charge on any atom is 0.224 e. The lowest BCUT2D eigenvalue weighted by Gasteiger charge is -2.23. The summed E-state index contributed by atoms with van der Waals surface area (Å²) in [6.45, 7) is 1.82. The van der Waals surface area contributed by atoms with Crippen LogP contribution in [0.3, 0.4) is 0 Å². The first-order chi connectivity index (χ1) is 7.92. The molecular formula is C10H12N4O2S. The molecule has 1 N–H and O–H groups in total. The zero-order valence-electron chi connectivity index (χ0n) is 9.34. The van der Waals surface area contributed by atoms with Gasteiger partial charge in [0.25, 0.3) is 0 Å². The van der Waals surface area contributed by atoms with Crippen LogP contribution >= 0.6 is 0 Å². The lowest BCUT2D eigenvalue weighted by molar-refractivity contribution is 0.569. The molecule has 0 radical (unpaired) electrons. The van der Waals surface area contributed by atoms with Gasteiger partial charge in [0.15, 0.2) is 9.84 Å². The summed E-state index contributed by atoms with van der Waals surface area (Å²) in [5, 5.41) is 11.7. The van der Waals surface area contributed by atoms with E-state index in [0.717, 1.165) is 0 Å². The molecule has 0 amide bonds. The Kier molecular flexibility index (Phi) is 2.75. The largest absolute Gasteiger partial charge is 0.348 e. The van der Waals surface area contributed by atoms with E-state index in [2.05, 4.69) is 15.3 Å². The molecule has 1 aliphatic rings. The third kappa shape index (κ3) is 2.71. The molecule has 90 valence electrons. The Bertz CT molecular complexity index is 578. The van der Waals surface area contributed by atoms with Crippen molar-refractivity contribution in [3.63, 3.8) is 0 Å². The van der Waals surface area contributed by atoms with Crippen molar-refractivity contribution >= 4 is 15.8 Å². The van der Waals surface area contributed by atoms with Crippen LogP contribution in [0.25, 0.3) is 0 Å². The van der Waals surface area contributed by atoms with Gasteiger partial charge in [0.2, 0.25) is 5.95 Å². The van der Waals surface area contributed by atoms with Gasteiger partial charge in [-0.05, 0) is 19.4 Å². The summed E-state index contributed by atoms with van der Waals surface area (Å²) in [6, 6.07) is 3.41. The van der Waals surface area contributed by atoms with E-state index in [1.165, 1.54) is 12.3 Å². The minimum Gasteiger partial charge on any atom is -0.348 e. The number of hydrogen-bond acceptors (Lipinski definition) is 6. The number of hydrogen-bond donors (Lipinski definition) is 1. The fourth-order valence-electron chi connectivity index (χ4n) is 1.86. The molecule has 1 fully saturated rings. The molecule has 2 rings (SSSR count). The molecule has 1 aromatic rings. The maximum atomic E-state index is 11.4. The second-order valence-electron chi connectivity index (χ2n) is 4.40. The number of nitriles is 1. The van der Waals surface area contributed by atoms with Gasteiger partial charge in [-0.3, -0.25) is 0 Å². The molecule has 0 aliphatic carbocycles. The lowest BCUT2D eigenvalue weighted by Crippen LogP contribution is -2.36. The molecule has 1 aromatic heterocycles. The fraction of sp³-hybridized carbons (Fsp3) is 0.500. The second kappa shape index (κ2) is 3.96. The summed E-state index contributed by atoms with van der Waals surface area (Å²) < 4.78 is 22.9. The van der Waals surface area contributed by atoms with Crippen LogP contribution in [0.4, 0.5) is 5.95 Å². The predicted octanol–water partition coefficient (Wildman–Crippen LogP) is 0.337. The summed E-state index contributed by atoms with van der Waals surface area (Å²) in [5.41, 5.74) is -0.292. The number of aromatic nitrogens is 2. The lowest BCUT2D eigenvalue weighted by atomic mass is 10.0. The van der Waals surface area contributed by atoms with Gasteiger partial charge in [-0.15, -0.1) is 0 Å². The van der Waals surface area contributed by atoms with Gasteiger partial charge in [-0.25, -0.2) is 18.4 Å². The van der Waals surface area contributed by atoms with E-state index in [-0.39, 0.29) is 17.2 Å². The molecule has 0 spiro atoms. The van der Waals surface area contributed by atoms with E-state index in [4.69, 9.17) is 5.26 Å². The molecule has 2 heterocycles. The highest BCUT2D eigenvalue weighted by Gasteiger charge is 2.38. The standard InChI is InChI=1S/C10H12N4O2S/c1-10(3-5-17(15,16)7-10)14-9-12-4-2-8(6-11)13-9/h2,4H,3,5,7H2,1H3,(H,12,13,14). The third-order valence-electron chi connectivity index (χ3n) is 2.69. The molecular weight excluding hydrogens is 240 g/mol. The number of anilines is 1. The van der Waals surface area contributed by atoms with Gasteiger partial charge in [-0.1, -0.05) is 0 Å². The van der Waals surface area contributed by atoms with Crippen LogP contribution in [0.15, 0.2) is 12.3 Å². The van der Waals surface area contributed by atoms with Crippen molar-refractivity contribution in [3.8, 4) is 6.07 Å². The zero-order chi connectivity index (χ0) is 12.5. The fourth-order valence-corrected chi connectivity index (χ4v) is 3.95. The molecule has 6 nitrogen and oxygen atoms in total. The molecule has 17 heavy (non-hydrogen) atoms. The summed E-state index contributed by atoms with van der Waals surface area (Å²) in [4.78, 5) is 7.95. The first-order valence-corrected chi connectivity index (χ1v) is 6.96. The van der Waals surface area contributed by atoms with Crippen LogP contribution in [-0.4, -0.2) is 35.4 Å². The van der Waals surface area contributed by atoms with E-state index >= 15 is 0 Å². The van der Waals surface area contributed by atoms with Crippen molar-refractivity contribution < 1.29 is 8.42 Å². The van der Waals surface area contributed by atoms with Crippen molar-refractivity contribution in [2.24, 2.45) is 0 Å². The highest BCUT2D eigenvalue weighted by Crippen LogP contribution is 2.25. The molecule has 7 heteroatoms. The topological polar surface area (TPSA) is 95.7 Å².